The smallest absolute Gasteiger partial charge is 0.312 e. The molecule has 0 saturated heterocycles. The lowest BCUT2D eigenvalue weighted by atomic mass is 9.32. The lowest BCUT2D eigenvalue weighted by Crippen LogP contribution is -2.66. The summed E-state index contributed by atoms with van der Waals surface area (Å²) >= 11 is 3.45. The number of rotatable bonds is 4. The Kier molecular flexibility index (Phi) is 6.50. The molecule has 5 aliphatic rings. The van der Waals surface area contributed by atoms with Gasteiger partial charge in [0.15, 0.2) is 0 Å². The van der Waals surface area contributed by atoms with Crippen LogP contribution in [0.5, 0.6) is 0 Å². The zero-order chi connectivity index (χ0) is 26.3. The monoisotopic (exact) mass is 560 g/mol. The summed E-state index contributed by atoms with van der Waals surface area (Å²) in [6.07, 6.45) is 10.7. The van der Waals surface area contributed by atoms with Crippen LogP contribution in [0.2, 0.25) is 0 Å². The largest absolute Gasteiger partial charge is 0.464 e. The lowest BCUT2D eigenvalue weighted by Gasteiger charge is -2.72. The van der Waals surface area contributed by atoms with Crippen molar-refractivity contribution in [3.8, 4) is 0 Å². The fourth-order valence-electron chi connectivity index (χ4n) is 11.6. The Bertz CT molecular complexity index is 955. The van der Waals surface area contributed by atoms with E-state index in [1.807, 2.05) is 0 Å². The normalized spacial score (nSPS) is 49.3. The summed E-state index contributed by atoms with van der Waals surface area (Å²) in [5, 5.41) is 0.697. The van der Waals surface area contributed by atoms with Crippen LogP contribution >= 0.6 is 15.9 Å². The van der Waals surface area contributed by atoms with Crippen molar-refractivity contribution in [3.05, 3.63) is 12.2 Å². The highest BCUT2D eigenvalue weighted by atomic mass is 79.9. The first-order chi connectivity index (χ1) is 16.8. The van der Waals surface area contributed by atoms with E-state index in [-0.39, 0.29) is 33.0 Å². The highest BCUT2D eigenvalue weighted by Gasteiger charge is 2.72. The summed E-state index contributed by atoms with van der Waals surface area (Å²) in [6.45, 7) is 19.3. The van der Waals surface area contributed by atoms with Crippen molar-refractivity contribution in [2.75, 3.05) is 11.9 Å². The van der Waals surface area contributed by atoms with Crippen LogP contribution < -0.4 is 0 Å². The Balaban J connectivity index is 1.54. The number of halogens is 1. The number of carbonyl (C=O) groups is 2. The van der Waals surface area contributed by atoms with Gasteiger partial charge in [0.25, 0.3) is 0 Å². The van der Waals surface area contributed by atoms with Gasteiger partial charge in [0.1, 0.15) is 12.4 Å². The molecule has 0 aliphatic heterocycles. The van der Waals surface area contributed by atoms with Gasteiger partial charge in [-0.05, 0) is 111 Å². The van der Waals surface area contributed by atoms with E-state index in [0.717, 1.165) is 44.9 Å². The van der Waals surface area contributed by atoms with E-state index < -0.39 is 0 Å². The third-order valence-electron chi connectivity index (χ3n) is 13.5. The van der Waals surface area contributed by atoms with E-state index in [0.29, 0.717) is 47.3 Å². The Morgan fingerprint density at radius 1 is 0.944 bits per heavy atom. The molecule has 9 atom stereocenters. The summed E-state index contributed by atoms with van der Waals surface area (Å²) in [7, 11) is 0. The van der Waals surface area contributed by atoms with Crippen LogP contribution in [-0.4, -0.2) is 23.7 Å². The van der Waals surface area contributed by atoms with Crippen molar-refractivity contribution in [2.24, 2.45) is 56.7 Å². The summed E-state index contributed by atoms with van der Waals surface area (Å²) in [6, 6.07) is 0. The minimum atomic E-state index is -0.334. The second-order valence-electron chi connectivity index (χ2n) is 14.8. The Morgan fingerprint density at radius 2 is 1.67 bits per heavy atom. The molecule has 5 aliphatic carbocycles. The maximum absolute atomic E-state index is 13.7. The molecule has 36 heavy (non-hydrogen) atoms. The molecule has 0 radical (unpaired) electrons. The van der Waals surface area contributed by atoms with Gasteiger partial charge in [-0.2, -0.15) is 0 Å². The maximum Gasteiger partial charge on any atom is 0.312 e. The van der Waals surface area contributed by atoms with Gasteiger partial charge in [0, 0.05) is 17.2 Å². The van der Waals surface area contributed by atoms with Crippen molar-refractivity contribution in [1.29, 1.82) is 0 Å². The number of allylic oxidation sites excluding steroid dienone is 1. The molecule has 5 saturated carbocycles. The first-order valence-corrected chi connectivity index (χ1v) is 15.8. The number of carbonyl (C=O) groups excluding carboxylic acids is 2. The molecule has 0 aromatic rings. The molecule has 0 N–H and O–H groups in total. The van der Waals surface area contributed by atoms with Crippen molar-refractivity contribution in [3.63, 3.8) is 0 Å². The number of hydrogen-bond donors (Lipinski definition) is 0. The second-order valence-corrected chi connectivity index (χ2v) is 15.6. The minimum absolute atomic E-state index is 0.0632. The fraction of sp³-hybridized carbons (Fsp3) is 0.875. The van der Waals surface area contributed by atoms with E-state index in [4.69, 9.17) is 4.74 Å². The van der Waals surface area contributed by atoms with E-state index in [2.05, 4.69) is 64.1 Å². The van der Waals surface area contributed by atoms with Gasteiger partial charge >= 0.3 is 5.97 Å². The standard InChI is InChI=1S/C32H49BrO3/c1-20(2)21-10-15-32(27(35)36-19-18-33)17-16-30(6)22(26(21)32)8-9-24-29(5)13-12-25(34)28(3,4)23(29)11-14-31(24,30)7/h21-24,26H,1,8-19H2,2-7H3/t21-,22+,23-,24+,26+,29-,30+,31+,32-/m0/s1. The molecule has 5 rings (SSSR count). The molecule has 0 aromatic heterocycles. The van der Waals surface area contributed by atoms with Gasteiger partial charge in [-0.15, -0.1) is 0 Å². The number of hydrogen-bond acceptors (Lipinski definition) is 3. The molecule has 0 spiro atoms. The van der Waals surface area contributed by atoms with E-state index in [1.165, 1.54) is 24.8 Å². The molecule has 5 fully saturated rings. The lowest BCUT2D eigenvalue weighted by molar-refractivity contribution is -0.236. The number of fused-ring (bicyclic) bond motifs is 7. The van der Waals surface area contributed by atoms with Crippen molar-refractivity contribution in [2.45, 2.75) is 106 Å². The fourth-order valence-corrected chi connectivity index (χ4v) is 11.7. The molecule has 0 heterocycles. The Hall–Kier alpha value is -0.640. The van der Waals surface area contributed by atoms with E-state index >= 15 is 0 Å². The molecular formula is C32H49BrO3. The van der Waals surface area contributed by atoms with Gasteiger partial charge in [-0.25, -0.2) is 0 Å². The van der Waals surface area contributed by atoms with Crippen LogP contribution in [0.4, 0.5) is 0 Å². The molecular weight excluding hydrogens is 512 g/mol. The van der Waals surface area contributed by atoms with Crippen LogP contribution in [-0.2, 0) is 14.3 Å². The number of ketones is 1. The van der Waals surface area contributed by atoms with Gasteiger partial charge in [0.05, 0.1) is 5.41 Å². The van der Waals surface area contributed by atoms with Crippen molar-refractivity contribution in [1.82, 2.24) is 0 Å². The average Bonchev–Trinajstić information content (AvgIpc) is 3.22. The third-order valence-corrected chi connectivity index (χ3v) is 13.9. The molecule has 0 aromatic carbocycles. The van der Waals surface area contributed by atoms with Crippen LogP contribution in [0, 0.1) is 56.7 Å². The van der Waals surface area contributed by atoms with E-state index in [1.54, 1.807) is 0 Å². The third kappa shape index (κ3) is 3.33. The zero-order valence-corrected chi connectivity index (χ0v) is 25.3. The Labute approximate surface area is 228 Å². The van der Waals surface area contributed by atoms with Gasteiger partial charge in [-0.1, -0.05) is 62.7 Å². The number of Topliss-reactive ketones (excluding diaryl/α,β-unsaturated/α-hetero) is 1. The first kappa shape index (κ1) is 26.9. The second kappa shape index (κ2) is 8.68. The van der Waals surface area contributed by atoms with Gasteiger partial charge in [0.2, 0.25) is 0 Å². The molecule has 3 nitrogen and oxygen atoms in total. The van der Waals surface area contributed by atoms with E-state index in [9.17, 15) is 9.59 Å². The van der Waals surface area contributed by atoms with Gasteiger partial charge < -0.3 is 4.74 Å². The first-order valence-electron chi connectivity index (χ1n) is 14.7. The maximum atomic E-state index is 13.7. The van der Waals surface area contributed by atoms with Crippen molar-refractivity contribution >= 4 is 27.7 Å². The number of esters is 1. The number of ether oxygens (including phenoxy) is 1. The van der Waals surface area contributed by atoms with Crippen LogP contribution in [0.1, 0.15) is 106 Å². The zero-order valence-electron chi connectivity index (χ0n) is 23.7. The molecule has 0 amide bonds. The highest BCUT2D eigenvalue weighted by Crippen LogP contribution is 2.77. The number of alkyl halides is 1. The molecule has 0 unspecified atom stereocenters. The average molecular weight is 562 g/mol. The molecule has 202 valence electrons. The predicted octanol–water partition coefficient (Wildman–Crippen LogP) is 8.15. The van der Waals surface area contributed by atoms with Crippen LogP contribution in [0.15, 0.2) is 12.2 Å². The summed E-state index contributed by atoms with van der Waals surface area (Å²) in [5.74, 6) is 2.98. The molecule has 0 bridgehead atoms. The summed E-state index contributed by atoms with van der Waals surface area (Å²) in [5.41, 5.74) is 1.40. The van der Waals surface area contributed by atoms with Crippen LogP contribution in [0.3, 0.4) is 0 Å². The summed E-state index contributed by atoms with van der Waals surface area (Å²) in [4.78, 5) is 26.7. The van der Waals surface area contributed by atoms with Gasteiger partial charge in [-0.3, -0.25) is 9.59 Å². The quantitative estimate of drug-likeness (QED) is 0.198. The summed E-state index contributed by atoms with van der Waals surface area (Å²) < 4.78 is 5.88. The predicted molar refractivity (Wildman–Crippen MR) is 149 cm³/mol. The van der Waals surface area contributed by atoms with Crippen molar-refractivity contribution < 1.29 is 14.3 Å². The highest BCUT2D eigenvalue weighted by molar-refractivity contribution is 9.09. The SMILES string of the molecule is C=C(C)[C@@H]1CC[C@]2(C(=O)OCCBr)CC[C@]3(C)[C@H](CC[C@@H]4[C@@]5(C)CCC(=O)C(C)(C)[C@@H]5CC[C@]43C)[C@@H]12. The minimum Gasteiger partial charge on any atom is -0.464 e. The van der Waals surface area contributed by atoms with Crippen LogP contribution in [0.25, 0.3) is 0 Å². The Morgan fingerprint density at radius 3 is 2.33 bits per heavy atom. The topological polar surface area (TPSA) is 43.4 Å². The molecule has 4 heteroatoms.